The minimum Gasteiger partial charge on any atom is -0.330 e. The molecular formula is C13H15F2N3. The Bertz CT molecular complexity index is 515. The van der Waals surface area contributed by atoms with Gasteiger partial charge in [-0.2, -0.15) is 0 Å². The van der Waals surface area contributed by atoms with Crippen molar-refractivity contribution >= 4 is 0 Å². The average Bonchev–Trinajstić information content (AvgIpc) is 2.70. The first-order chi connectivity index (χ1) is 8.58. The molecule has 5 heteroatoms. The number of hydrogen-bond donors (Lipinski definition) is 1. The molecule has 2 rings (SSSR count). The van der Waals surface area contributed by atoms with E-state index < -0.39 is 11.6 Å². The van der Waals surface area contributed by atoms with Crippen LogP contribution in [0.25, 0.3) is 0 Å². The van der Waals surface area contributed by atoms with E-state index in [4.69, 9.17) is 5.73 Å². The Balaban J connectivity index is 2.26. The zero-order valence-corrected chi connectivity index (χ0v) is 10.1. The van der Waals surface area contributed by atoms with E-state index in [1.807, 2.05) is 6.92 Å². The second kappa shape index (κ2) is 5.27. The van der Waals surface area contributed by atoms with Gasteiger partial charge in [0.1, 0.15) is 11.6 Å². The molecule has 1 heterocycles. The van der Waals surface area contributed by atoms with E-state index in [1.54, 1.807) is 17.1 Å². The fourth-order valence-electron chi connectivity index (χ4n) is 1.84. The first-order valence-corrected chi connectivity index (χ1v) is 5.75. The monoisotopic (exact) mass is 251 g/mol. The molecule has 0 fully saturated rings. The van der Waals surface area contributed by atoms with Crippen molar-refractivity contribution in [2.24, 2.45) is 5.73 Å². The van der Waals surface area contributed by atoms with Crippen LogP contribution in [0, 0.1) is 11.6 Å². The van der Waals surface area contributed by atoms with Crippen molar-refractivity contribution in [1.82, 2.24) is 9.55 Å². The van der Waals surface area contributed by atoms with Gasteiger partial charge in [0.2, 0.25) is 0 Å². The molecule has 96 valence electrons. The Morgan fingerprint density at radius 3 is 2.61 bits per heavy atom. The van der Waals surface area contributed by atoms with Crippen LogP contribution in [0.1, 0.15) is 18.2 Å². The summed E-state index contributed by atoms with van der Waals surface area (Å²) in [4.78, 5) is 3.99. The lowest BCUT2D eigenvalue weighted by Crippen LogP contribution is -2.20. The molecule has 0 bridgehead atoms. The van der Waals surface area contributed by atoms with Gasteiger partial charge < -0.3 is 10.3 Å². The number of aromatic nitrogens is 2. The van der Waals surface area contributed by atoms with Crippen LogP contribution < -0.4 is 5.73 Å². The number of nitrogens with two attached hydrogens (primary N) is 1. The smallest absolute Gasteiger partial charge is 0.131 e. The summed E-state index contributed by atoms with van der Waals surface area (Å²) in [7, 11) is 0. The highest BCUT2D eigenvalue weighted by Crippen LogP contribution is 2.15. The summed E-state index contributed by atoms with van der Waals surface area (Å²) in [6.07, 6.45) is 3.85. The molecule has 0 aliphatic rings. The molecule has 0 amide bonds. The highest BCUT2D eigenvalue weighted by Gasteiger charge is 2.11. The van der Waals surface area contributed by atoms with Crippen molar-refractivity contribution < 1.29 is 8.78 Å². The first-order valence-electron chi connectivity index (χ1n) is 5.75. The number of imidazole rings is 1. The molecule has 1 aromatic carbocycles. The summed E-state index contributed by atoms with van der Waals surface area (Å²) in [6, 6.07) is 3.83. The second-order valence-corrected chi connectivity index (χ2v) is 4.39. The highest BCUT2D eigenvalue weighted by molar-refractivity contribution is 5.20. The van der Waals surface area contributed by atoms with Gasteiger partial charge in [-0.25, -0.2) is 13.8 Å². The third-order valence-corrected chi connectivity index (χ3v) is 2.72. The van der Waals surface area contributed by atoms with Gasteiger partial charge in [-0.05, 0) is 19.1 Å². The Kier molecular flexibility index (Phi) is 3.72. The Hall–Kier alpha value is -1.75. The predicted octanol–water partition coefficient (Wildman–Crippen LogP) is 2.10. The van der Waals surface area contributed by atoms with Gasteiger partial charge >= 0.3 is 0 Å². The van der Waals surface area contributed by atoms with Crippen molar-refractivity contribution in [1.29, 1.82) is 0 Å². The summed E-state index contributed by atoms with van der Waals surface area (Å²) >= 11 is 0. The van der Waals surface area contributed by atoms with Crippen LogP contribution in [0.3, 0.4) is 0 Å². The van der Waals surface area contributed by atoms with Crippen LogP contribution in [0.4, 0.5) is 8.78 Å². The molecule has 0 spiro atoms. The molecule has 1 atom stereocenters. The zero-order valence-electron chi connectivity index (χ0n) is 10.1. The summed E-state index contributed by atoms with van der Waals surface area (Å²) in [5.41, 5.74) is 6.63. The van der Waals surface area contributed by atoms with Gasteiger partial charge in [-0.15, -0.1) is 0 Å². The maximum absolute atomic E-state index is 13.5. The molecule has 0 radical (unpaired) electrons. The number of hydrogen-bond acceptors (Lipinski definition) is 2. The van der Waals surface area contributed by atoms with Gasteiger partial charge in [-0.1, -0.05) is 6.07 Å². The molecule has 1 unspecified atom stereocenters. The SMILES string of the molecule is CC(N)Cc1cncn1Cc1c(F)cccc1F. The lowest BCUT2D eigenvalue weighted by Gasteiger charge is -2.11. The highest BCUT2D eigenvalue weighted by atomic mass is 19.1. The molecule has 0 saturated carbocycles. The fourth-order valence-corrected chi connectivity index (χ4v) is 1.84. The fraction of sp³-hybridized carbons (Fsp3) is 0.308. The average molecular weight is 251 g/mol. The third kappa shape index (κ3) is 2.73. The molecule has 0 saturated heterocycles. The van der Waals surface area contributed by atoms with Crippen molar-refractivity contribution in [2.45, 2.75) is 25.9 Å². The number of nitrogens with zero attached hydrogens (tertiary/aromatic N) is 2. The Morgan fingerprint density at radius 2 is 2.00 bits per heavy atom. The number of halogens is 2. The zero-order chi connectivity index (χ0) is 13.1. The van der Waals surface area contributed by atoms with Crippen LogP contribution in [-0.2, 0) is 13.0 Å². The predicted molar refractivity (Wildman–Crippen MR) is 65.0 cm³/mol. The normalized spacial score (nSPS) is 12.7. The number of benzene rings is 1. The van der Waals surface area contributed by atoms with Gasteiger partial charge in [-0.3, -0.25) is 0 Å². The maximum atomic E-state index is 13.5. The molecule has 18 heavy (non-hydrogen) atoms. The minimum atomic E-state index is -0.546. The van der Waals surface area contributed by atoms with E-state index >= 15 is 0 Å². The topological polar surface area (TPSA) is 43.8 Å². The van der Waals surface area contributed by atoms with Gasteiger partial charge in [0.05, 0.1) is 12.9 Å². The van der Waals surface area contributed by atoms with Crippen LogP contribution in [0.2, 0.25) is 0 Å². The lowest BCUT2D eigenvalue weighted by molar-refractivity contribution is 0.539. The lowest BCUT2D eigenvalue weighted by atomic mass is 10.1. The van der Waals surface area contributed by atoms with Crippen LogP contribution in [0.15, 0.2) is 30.7 Å². The molecule has 0 aliphatic carbocycles. The standard InChI is InChI=1S/C13H15F2N3/c1-9(16)5-10-6-17-8-18(10)7-11-12(14)3-2-4-13(11)15/h2-4,6,8-9H,5,7,16H2,1H3. The van der Waals surface area contributed by atoms with Crippen molar-refractivity contribution in [3.05, 3.63) is 53.6 Å². The maximum Gasteiger partial charge on any atom is 0.131 e. The van der Waals surface area contributed by atoms with E-state index in [1.165, 1.54) is 18.2 Å². The Morgan fingerprint density at radius 1 is 1.33 bits per heavy atom. The number of rotatable bonds is 4. The molecule has 1 aromatic heterocycles. The van der Waals surface area contributed by atoms with E-state index in [2.05, 4.69) is 4.98 Å². The van der Waals surface area contributed by atoms with Crippen molar-refractivity contribution in [3.8, 4) is 0 Å². The second-order valence-electron chi connectivity index (χ2n) is 4.39. The summed E-state index contributed by atoms with van der Waals surface area (Å²) in [5, 5.41) is 0. The van der Waals surface area contributed by atoms with E-state index in [-0.39, 0.29) is 18.2 Å². The van der Waals surface area contributed by atoms with Gasteiger partial charge in [0.15, 0.2) is 0 Å². The molecule has 3 nitrogen and oxygen atoms in total. The summed E-state index contributed by atoms with van der Waals surface area (Å²) in [5.74, 6) is -1.09. The molecule has 0 aliphatic heterocycles. The van der Waals surface area contributed by atoms with Crippen molar-refractivity contribution in [3.63, 3.8) is 0 Å². The van der Waals surface area contributed by atoms with E-state index in [0.717, 1.165) is 5.69 Å². The third-order valence-electron chi connectivity index (χ3n) is 2.72. The van der Waals surface area contributed by atoms with Crippen LogP contribution in [0.5, 0.6) is 0 Å². The largest absolute Gasteiger partial charge is 0.330 e. The Labute approximate surface area is 104 Å². The minimum absolute atomic E-state index is 0.0223. The summed E-state index contributed by atoms with van der Waals surface area (Å²) in [6.45, 7) is 2.00. The van der Waals surface area contributed by atoms with Gasteiger partial charge in [0.25, 0.3) is 0 Å². The first kappa shape index (κ1) is 12.7. The van der Waals surface area contributed by atoms with Crippen LogP contribution in [-0.4, -0.2) is 15.6 Å². The summed E-state index contributed by atoms with van der Waals surface area (Å²) < 4.78 is 28.8. The van der Waals surface area contributed by atoms with Gasteiger partial charge in [0, 0.05) is 29.9 Å². The molecule has 2 aromatic rings. The van der Waals surface area contributed by atoms with E-state index in [9.17, 15) is 8.78 Å². The molecular weight excluding hydrogens is 236 g/mol. The van der Waals surface area contributed by atoms with E-state index in [0.29, 0.717) is 6.42 Å². The van der Waals surface area contributed by atoms with Crippen LogP contribution >= 0.6 is 0 Å². The quantitative estimate of drug-likeness (QED) is 0.904. The molecule has 2 N–H and O–H groups in total. The van der Waals surface area contributed by atoms with Crippen molar-refractivity contribution in [2.75, 3.05) is 0 Å².